The number of hydrogen-bond acceptors (Lipinski definition) is 4. The van der Waals surface area contributed by atoms with Crippen LogP contribution in [0.2, 0.25) is 0 Å². The SMILES string of the molecule is CN1CCC[C@@H](n2cc(-c3ccc(F)c(C(F)(F)F)c3)nc2C2CCNCC2)C1.CO. The van der Waals surface area contributed by atoms with Gasteiger partial charge in [0.05, 0.1) is 11.3 Å². The molecule has 1 aromatic heterocycles. The van der Waals surface area contributed by atoms with Crippen molar-refractivity contribution < 1.29 is 22.7 Å². The van der Waals surface area contributed by atoms with E-state index in [0.29, 0.717) is 11.3 Å². The number of halogens is 4. The number of nitrogens with one attached hydrogen (secondary N) is 1. The van der Waals surface area contributed by atoms with Gasteiger partial charge in [0.1, 0.15) is 11.6 Å². The lowest BCUT2D eigenvalue weighted by Gasteiger charge is -2.33. The van der Waals surface area contributed by atoms with Crippen LogP contribution in [-0.4, -0.2) is 59.9 Å². The molecular weight excluding hydrogens is 412 g/mol. The van der Waals surface area contributed by atoms with Crippen LogP contribution in [0.4, 0.5) is 17.6 Å². The molecule has 9 heteroatoms. The molecule has 2 N–H and O–H groups in total. The Balaban J connectivity index is 0.00000132. The Morgan fingerprint density at radius 3 is 2.48 bits per heavy atom. The van der Waals surface area contributed by atoms with Crippen molar-refractivity contribution in [2.45, 2.75) is 43.8 Å². The van der Waals surface area contributed by atoms with Crippen molar-refractivity contribution in [3.8, 4) is 11.3 Å². The highest BCUT2D eigenvalue weighted by Gasteiger charge is 2.35. The Labute approximate surface area is 180 Å². The van der Waals surface area contributed by atoms with Crippen LogP contribution in [0, 0.1) is 5.82 Å². The average molecular weight is 443 g/mol. The summed E-state index contributed by atoms with van der Waals surface area (Å²) in [6.45, 7) is 3.76. The van der Waals surface area contributed by atoms with Crippen LogP contribution >= 0.6 is 0 Å². The van der Waals surface area contributed by atoms with Gasteiger partial charge in [0.15, 0.2) is 0 Å². The third-order valence-corrected chi connectivity index (χ3v) is 6.03. The number of piperidine rings is 2. The zero-order chi connectivity index (χ0) is 22.6. The van der Waals surface area contributed by atoms with Crippen molar-refractivity contribution in [3.63, 3.8) is 0 Å². The third-order valence-electron chi connectivity index (χ3n) is 6.03. The highest BCUT2D eigenvalue weighted by molar-refractivity contribution is 5.60. The van der Waals surface area contributed by atoms with Gasteiger partial charge in [-0.05, 0) is 70.6 Å². The number of aromatic nitrogens is 2. The number of likely N-dealkylation sites (tertiary alicyclic amines) is 1. The number of likely N-dealkylation sites (N-methyl/N-ethyl adjacent to an activating group) is 1. The number of aliphatic hydroxyl groups excluding tert-OH is 1. The summed E-state index contributed by atoms with van der Waals surface area (Å²) in [4.78, 5) is 7.06. The third kappa shape index (κ3) is 5.45. The zero-order valence-corrected chi connectivity index (χ0v) is 17.9. The van der Waals surface area contributed by atoms with Gasteiger partial charge >= 0.3 is 6.18 Å². The number of imidazole rings is 1. The first-order valence-electron chi connectivity index (χ1n) is 10.6. The van der Waals surface area contributed by atoms with Gasteiger partial charge in [-0.25, -0.2) is 9.37 Å². The molecule has 0 spiro atoms. The van der Waals surface area contributed by atoms with Crippen molar-refractivity contribution in [2.24, 2.45) is 0 Å². The molecule has 0 saturated carbocycles. The van der Waals surface area contributed by atoms with Crippen LogP contribution in [0.5, 0.6) is 0 Å². The fraction of sp³-hybridized carbons (Fsp3) is 0.591. The molecule has 2 aliphatic rings. The van der Waals surface area contributed by atoms with Crippen LogP contribution in [0.15, 0.2) is 24.4 Å². The topological polar surface area (TPSA) is 53.3 Å². The van der Waals surface area contributed by atoms with Gasteiger partial charge in [0.25, 0.3) is 0 Å². The summed E-state index contributed by atoms with van der Waals surface area (Å²) in [5.74, 6) is -0.0346. The van der Waals surface area contributed by atoms with Gasteiger partial charge < -0.3 is 19.9 Å². The lowest BCUT2D eigenvalue weighted by molar-refractivity contribution is -0.139. The average Bonchev–Trinajstić information content (AvgIpc) is 3.21. The molecule has 0 aliphatic carbocycles. The van der Waals surface area contributed by atoms with Crippen LogP contribution in [0.1, 0.15) is 49.0 Å². The summed E-state index contributed by atoms with van der Waals surface area (Å²) >= 11 is 0. The number of aliphatic hydroxyl groups is 1. The number of hydrogen-bond donors (Lipinski definition) is 2. The Hall–Kier alpha value is -1.97. The molecule has 2 aromatic rings. The highest BCUT2D eigenvalue weighted by Crippen LogP contribution is 2.36. The maximum Gasteiger partial charge on any atom is 0.419 e. The first kappa shape index (κ1) is 23.7. The van der Waals surface area contributed by atoms with E-state index in [9.17, 15) is 17.6 Å². The molecule has 4 rings (SSSR count). The second kappa shape index (κ2) is 10.1. The summed E-state index contributed by atoms with van der Waals surface area (Å²) in [5, 5.41) is 10.3. The van der Waals surface area contributed by atoms with Gasteiger partial charge in [0.2, 0.25) is 0 Å². The van der Waals surface area contributed by atoms with Crippen molar-refractivity contribution in [1.29, 1.82) is 0 Å². The molecule has 3 heterocycles. The lowest BCUT2D eigenvalue weighted by Crippen LogP contribution is -2.35. The fourth-order valence-electron chi connectivity index (χ4n) is 4.49. The van der Waals surface area contributed by atoms with Gasteiger partial charge in [0, 0.05) is 37.4 Å². The first-order valence-corrected chi connectivity index (χ1v) is 10.6. The van der Waals surface area contributed by atoms with Gasteiger partial charge in [-0.3, -0.25) is 0 Å². The van der Waals surface area contributed by atoms with Crippen LogP contribution in [-0.2, 0) is 6.18 Å². The predicted molar refractivity (Wildman–Crippen MR) is 111 cm³/mol. The molecule has 5 nitrogen and oxygen atoms in total. The van der Waals surface area contributed by atoms with E-state index in [1.165, 1.54) is 6.07 Å². The van der Waals surface area contributed by atoms with Gasteiger partial charge in [-0.15, -0.1) is 0 Å². The molecule has 1 atom stereocenters. The molecule has 0 unspecified atom stereocenters. The predicted octanol–water partition coefficient (Wildman–Crippen LogP) is 4.05. The molecule has 172 valence electrons. The van der Waals surface area contributed by atoms with E-state index in [2.05, 4.69) is 21.8 Å². The highest BCUT2D eigenvalue weighted by atomic mass is 19.4. The molecule has 0 bridgehead atoms. The number of alkyl halides is 3. The van der Waals surface area contributed by atoms with Crippen molar-refractivity contribution in [2.75, 3.05) is 40.3 Å². The number of benzene rings is 1. The lowest BCUT2D eigenvalue weighted by atomic mass is 9.96. The number of rotatable bonds is 3. The Morgan fingerprint density at radius 1 is 1.13 bits per heavy atom. The summed E-state index contributed by atoms with van der Waals surface area (Å²) in [6.07, 6.45) is 1.15. The summed E-state index contributed by atoms with van der Waals surface area (Å²) in [5.41, 5.74) is -0.459. The minimum Gasteiger partial charge on any atom is -0.400 e. The van der Waals surface area contributed by atoms with Gasteiger partial charge in [-0.1, -0.05) is 0 Å². The van der Waals surface area contributed by atoms with E-state index in [-0.39, 0.29) is 12.0 Å². The Morgan fingerprint density at radius 2 is 1.84 bits per heavy atom. The van der Waals surface area contributed by atoms with E-state index < -0.39 is 17.6 Å². The van der Waals surface area contributed by atoms with Crippen molar-refractivity contribution in [3.05, 3.63) is 41.6 Å². The standard InChI is InChI=1S/C21H26F4N4.CH4O/c1-28-10-2-3-16(12-28)29-13-19(27-20(29)14-6-8-26-9-7-14)15-4-5-18(22)17(11-15)21(23,24)25;1-2/h4-5,11,13-14,16,26H,2-3,6-10,12H2,1H3;2H,1H3/t16-;/m1./s1. The van der Waals surface area contributed by atoms with E-state index in [4.69, 9.17) is 10.1 Å². The van der Waals surface area contributed by atoms with E-state index in [0.717, 1.165) is 76.9 Å². The zero-order valence-electron chi connectivity index (χ0n) is 17.9. The van der Waals surface area contributed by atoms with Crippen molar-refractivity contribution >= 4 is 0 Å². The smallest absolute Gasteiger partial charge is 0.400 e. The molecule has 2 fully saturated rings. The van der Waals surface area contributed by atoms with E-state index >= 15 is 0 Å². The Bertz CT molecular complexity index is 862. The molecule has 31 heavy (non-hydrogen) atoms. The summed E-state index contributed by atoms with van der Waals surface area (Å²) in [6, 6.07) is 3.40. The van der Waals surface area contributed by atoms with Crippen LogP contribution in [0.25, 0.3) is 11.3 Å². The quantitative estimate of drug-likeness (QED) is 0.705. The van der Waals surface area contributed by atoms with Crippen LogP contribution in [0.3, 0.4) is 0 Å². The molecule has 0 radical (unpaired) electrons. The maximum absolute atomic E-state index is 13.7. The maximum atomic E-state index is 13.7. The normalized spacial score (nSPS) is 20.9. The summed E-state index contributed by atoms with van der Waals surface area (Å²) in [7, 11) is 3.09. The molecule has 2 saturated heterocycles. The molecule has 1 aromatic carbocycles. The van der Waals surface area contributed by atoms with E-state index in [1.54, 1.807) is 0 Å². The molecule has 0 amide bonds. The Kier molecular flexibility index (Phi) is 7.72. The minimum atomic E-state index is -4.73. The monoisotopic (exact) mass is 442 g/mol. The minimum absolute atomic E-state index is 0.252. The first-order chi connectivity index (χ1) is 14.8. The van der Waals surface area contributed by atoms with Crippen molar-refractivity contribution in [1.82, 2.24) is 19.8 Å². The summed E-state index contributed by atoms with van der Waals surface area (Å²) < 4.78 is 55.4. The fourth-order valence-corrected chi connectivity index (χ4v) is 4.49. The van der Waals surface area contributed by atoms with Crippen LogP contribution < -0.4 is 5.32 Å². The van der Waals surface area contributed by atoms with Gasteiger partial charge in [-0.2, -0.15) is 13.2 Å². The molecular formula is C22H30F4N4O. The molecule has 2 aliphatic heterocycles. The second-order valence-electron chi connectivity index (χ2n) is 8.17. The largest absolute Gasteiger partial charge is 0.419 e. The number of nitrogens with zero attached hydrogens (tertiary/aromatic N) is 3. The second-order valence-corrected chi connectivity index (χ2v) is 8.17. The van der Waals surface area contributed by atoms with E-state index in [1.807, 2.05) is 6.20 Å².